The molecule has 2 rings (SSSR count). The van der Waals surface area contributed by atoms with E-state index >= 15 is 0 Å². The number of rotatable bonds is 3. The summed E-state index contributed by atoms with van der Waals surface area (Å²) in [4.78, 5) is 13.7. The van der Waals surface area contributed by atoms with Crippen molar-refractivity contribution >= 4 is 17.4 Å². The second-order valence-corrected chi connectivity index (χ2v) is 5.09. The van der Waals surface area contributed by atoms with E-state index in [2.05, 4.69) is 5.32 Å². The van der Waals surface area contributed by atoms with Crippen molar-refractivity contribution in [1.82, 2.24) is 4.90 Å². The number of carbonyl (C=O) groups is 1. The van der Waals surface area contributed by atoms with E-state index in [1.807, 2.05) is 19.2 Å². The van der Waals surface area contributed by atoms with Crippen LogP contribution in [0.1, 0.15) is 25.7 Å². The van der Waals surface area contributed by atoms with Crippen LogP contribution in [-0.4, -0.2) is 24.5 Å². The molecule has 18 heavy (non-hydrogen) atoms. The topological polar surface area (TPSA) is 58.4 Å². The number of nitrogens with zero attached hydrogens (tertiary/aromatic N) is 1. The molecule has 2 amide bonds. The van der Waals surface area contributed by atoms with Crippen molar-refractivity contribution in [3.63, 3.8) is 0 Å². The SMILES string of the molecule is CN(CC1CCCC1)C(=O)Nc1cccc(N)c1. The van der Waals surface area contributed by atoms with Crippen molar-refractivity contribution in [3.8, 4) is 0 Å². The van der Waals surface area contributed by atoms with Crippen LogP contribution in [0.4, 0.5) is 16.2 Å². The normalized spacial score (nSPS) is 15.6. The lowest BCUT2D eigenvalue weighted by Gasteiger charge is -2.21. The first-order valence-corrected chi connectivity index (χ1v) is 6.53. The first kappa shape index (κ1) is 12.7. The van der Waals surface area contributed by atoms with Gasteiger partial charge in [-0.1, -0.05) is 18.9 Å². The van der Waals surface area contributed by atoms with Crippen molar-refractivity contribution in [1.29, 1.82) is 0 Å². The second kappa shape index (κ2) is 5.76. The number of benzene rings is 1. The summed E-state index contributed by atoms with van der Waals surface area (Å²) in [6.45, 7) is 0.841. The maximum Gasteiger partial charge on any atom is 0.321 e. The fourth-order valence-corrected chi connectivity index (χ4v) is 2.50. The van der Waals surface area contributed by atoms with Gasteiger partial charge in [0.15, 0.2) is 0 Å². The highest BCUT2D eigenvalue weighted by Gasteiger charge is 2.19. The standard InChI is InChI=1S/C14H21N3O/c1-17(10-11-5-2-3-6-11)14(18)16-13-8-4-7-12(15)9-13/h4,7-9,11H,2-3,5-6,10,15H2,1H3,(H,16,18). The Labute approximate surface area is 108 Å². The lowest BCUT2D eigenvalue weighted by atomic mass is 10.1. The second-order valence-electron chi connectivity index (χ2n) is 5.09. The third-order valence-corrected chi connectivity index (χ3v) is 3.49. The van der Waals surface area contributed by atoms with Crippen LogP contribution in [0.15, 0.2) is 24.3 Å². The van der Waals surface area contributed by atoms with Gasteiger partial charge in [-0.25, -0.2) is 4.79 Å². The summed E-state index contributed by atoms with van der Waals surface area (Å²) in [7, 11) is 1.85. The molecule has 0 spiro atoms. The third kappa shape index (κ3) is 3.39. The number of hydrogen-bond donors (Lipinski definition) is 2. The summed E-state index contributed by atoms with van der Waals surface area (Å²) in [6.07, 6.45) is 5.09. The van der Waals surface area contributed by atoms with Crippen LogP contribution in [0.3, 0.4) is 0 Å². The molecule has 0 aliphatic heterocycles. The quantitative estimate of drug-likeness (QED) is 0.807. The minimum atomic E-state index is -0.0625. The van der Waals surface area contributed by atoms with Crippen molar-refractivity contribution in [2.75, 3.05) is 24.6 Å². The Kier molecular flexibility index (Phi) is 4.07. The summed E-state index contributed by atoms with van der Waals surface area (Å²) in [6, 6.07) is 7.19. The number of hydrogen-bond acceptors (Lipinski definition) is 2. The molecule has 1 aliphatic carbocycles. The molecule has 0 radical (unpaired) electrons. The molecule has 98 valence electrons. The number of anilines is 2. The molecule has 4 nitrogen and oxygen atoms in total. The maximum atomic E-state index is 12.0. The van der Waals surface area contributed by atoms with Crippen molar-refractivity contribution in [2.24, 2.45) is 5.92 Å². The minimum absolute atomic E-state index is 0.0625. The van der Waals surface area contributed by atoms with E-state index in [4.69, 9.17) is 5.73 Å². The molecule has 4 heteroatoms. The van der Waals surface area contributed by atoms with Gasteiger partial charge in [0.25, 0.3) is 0 Å². The number of urea groups is 1. The molecule has 0 aromatic heterocycles. The fourth-order valence-electron chi connectivity index (χ4n) is 2.50. The summed E-state index contributed by atoms with van der Waals surface area (Å²) >= 11 is 0. The van der Waals surface area contributed by atoms with E-state index < -0.39 is 0 Å². The molecule has 0 saturated heterocycles. The minimum Gasteiger partial charge on any atom is -0.399 e. The zero-order valence-corrected chi connectivity index (χ0v) is 10.9. The highest BCUT2D eigenvalue weighted by molar-refractivity contribution is 5.89. The summed E-state index contributed by atoms with van der Waals surface area (Å²) in [5, 5.41) is 2.86. The third-order valence-electron chi connectivity index (χ3n) is 3.49. The summed E-state index contributed by atoms with van der Waals surface area (Å²) < 4.78 is 0. The van der Waals surface area contributed by atoms with Crippen molar-refractivity contribution in [3.05, 3.63) is 24.3 Å². The Hall–Kier alpha value is -1.71. The monoisotopic (exact) mass is 247 g/mol. The average Bonchev–Trinajstić information content (AvgIpc) is 2.81. The molecule has 0 unspecified atom stereocenters. The van der Waals surface area contributed by atoms with Crippen LogP contribution in [0.2, 0.25) is 0 Å². The fraction of sp³-hybridized carbons (Fsp3) is 0.500. The highest BCUT2D eigenvalue weighted by Crippen LogP contribution is 2.25. The van der Waals surface area contributed by atoms with Gasteiger partial charge in [0, 0.05) is 25.0 Å². The van der Waals surface area contributed by atoms with Crippen LogP contribution < -0.4 is 11.1 Å². The molecular formula is C14H21N3O. The largest absolute Gasteiger partial charge is 0.399 e. The lowest BCUT2D eigenvalue weighted by molar-refractivity contribution is 0.214. The number of nitrogens with two attached hydrogens (primary N) is 1. The molecule has 1 aromatic rings. The predicted molar refractivity (Wildman–Crippen MR) is 74.5 cm³/mol. The molecule has 1 aromatic carbocycles. The molecule has 1 fully saturated rings. The Balaban J connectivity index is 1.86. The molecule has 0 atom stereocenters. The van der Waals surface area contributed by atoms with Crippen LogP contribution >= 0.6 is 0 Å². The molecule has 1 aliphatic rings. The Morgan fingerprint density at radius 2 is 2.17 bits per heavy atom. The first-order valence-electron chi connectivity index (χ1n) is 6.53. The number of nitrogen functional groups attached to an aromatic ring is 1. The van der Waals surface area contributed by atoms with Gasteiger partial charge in [-0.2, -0.15) is 0 Å². The van der Waals surface area contributed by atoms with E-state index in [1.54, 1.807) is 17.0 Å². The zero-order chi connectivity index (χ0) is 13.0. The van der Waals surface area contributed by atoms with Gasteiger partial charge in [-0.05, 0) is 37.0 Å². The lowest BCUT2D eigenvalue weighted by Crippen LogP contribution is -2.34. The van der Waals surface area contributed by atoms with Gasteiger partial charge < -0.3 is 16.0 Å². The number of amides is 2. The van der Waals surface area contributed by atoms with Gasteiger partial charge in [0.1, 0.15) is 0 Å². The maximum absolute atomic E-state index is 12.0. The molecule has 1 saturated carbocycles. The molecule has 0 heterocycles. The summed E-state index contributed by atoms with van der Waals surface area (Å²) in [5.74, 6) is 0.668. The van der Waals surface area contributed by atoms with Gasteiger partial charge >= 0.3 is 6.03 Å². The Morgan fingerprint density at radius 3 is 2.83 bits per heavy atom. The summed E-state index contributed by atoms with van der Waals surface area (Å²) in [5.41, 5.74) is 7.08. The van der Waals surface area contributed by atoms with Gasteiger partial charge in [-0.3, -0.25) is 0 Å². The Morgan fingerprint density at radius 1 is 1.44 bits per heavy atom. The Bertz CT molecular complexity index is 413. The number of carbonyl (C=O) groups excluding carboxylic acids is 1. The van der Waals surface area contributed by atoms with Crippen LogP contribution in [0.5, 0.6) is 0 Å². The van der Waals surface area contributed by atoms with E-state index in [-0.39, 0.29) is 6.03 Å². The molecule has 0 bridgehead atoms. The van der Waals surface area contributed by atoms with Gasteiger partial charge in [0.2, 0.25) is 0 Å². The van der Waals surface area contributed by atoms with Crippen molar-refractivity contribution in [2.45, 2.75) is 25.7 Å². The predicted octanol–water partition coefficient (Wildman–Crippen LogP) is 2.92. The molecule has 3 N–H and O–H groups in total. The van der Waals surface area contributed by atoms with Crippen molar-refractivity contribution < 1.29 is 4.79 Å². The van der Waals surface area contributed by atoms with E-state index in [9.17, 15) is 4.79 Å². The van der Waals surface area contributed by atoms with E-state index in [1.165, 1.54) is 25.7 Å². The van der Waals surface area contributed by atoms with Crippen LogP contribution in [0, 0.1) is 5.92 Å². The van der Waals surface area contributed by atoms with Gasteiger partial charge in [0.05, 0.1) is 0 Å². The average molecular weight is 247 g/mol. The van der Waals surface area contributed by atoms with Gasteiger partial charge in [-0.15, -0.1) is 0 Å². The smallest absolute Gasteiger partial charge is 0.321 e. The first-order chi connectivity index (χ1) is 8.65. The number of nitrogens with one attached hydrogen (secondary N) is 1. The van der Waals surface area contributed by atoms with Crippen LogP contribution in [-0.2, 0) is 0 Å². The van der Waals surface area contributed by atoms with E-state index in [0.29, 0.717) is 11.6 Å². The highest BCUT2D eigenvalue weighted by atomic mass is 16.2. The molecular weight excluding hydrogens is 226 g/mol. The zero-order valence-electron chi connectivity index (χ0n) is 10.9. The van der Waals surface area contributed by atoms with E-state index in [0.717, 1.165) is 12.2 Å². The van der Waals surface area contributed by atoms with Crippen LogP contribution in [0.25, 0.3) is 0 Å².